The lowest BCUT2D eigenvalue weighted by atomic mass is 10.0. The summed E-state index contributed by atoms with van der Waals surface area (Å²) in [5.41, 5.74) is 0.0515. The van der Waals surface area contributed by atoms with Crippen LogP contribution in [0.3, 0.4) is 0 Å². The fraction of sp³-hybridized carbons (Fsp3) is 0.444. The number of piperazine rings is 1. The van der Waals surface area contributed by atoms with E-state index in [9.17, 15) is 19.2 Å². The zero-order valence-corrected chi connectivity index (χ0v) is 22.9. The van der Waals surface area contributed by atoms with Crippen molar-refractivity contribution in [3.8, 4) is 0 Å². The summed E-state index contributed by atoms with van der Waals surface area (Å²) in [4.78, 5) is 57.6. The number of hydrogen-bond acceptors (Lipinski definition) is 8. The normalized spacial score (nSPS) is 17.8. The molecule has 12 nitrogen and oxygen atoms in total. The van der Waals surface area contributed by atoms with Gasteiger partial charge in [-0.05, 0) is 18.1 Å². The fourth-order valence-electron chi connectivity index (χ4n) is 4.70. The lowest BCUT2D eigenvalue weighted by molar-refractivity contribution is -0.134. The summed E-state index contributed by atoms with van der Waals surface area (Å²) in [6.45, 7) is 4.31. The van der Waals surface area contributed by atoms with Gasteiger partial charge in [0.1, 0.15) is 17.8 Å². The monoisotopic (exact) mass is 574 g/mol. The van der Waals surface area contributed by atoms with Crippen LogP contribution in [-0.2, 0) is 14.3 Å². The number of amides is 4. The van der Waals surface area contributed by atoms with Crippen molar-refractivity contribution < 1.29 is 37.4 Å². The topological polar surface area (TPSA) is 133 Å². The van der Waals surface area contributed by atoms with Gasteiger partial charge in [-0.25, -0.2) is 18.4 Å². The molecule has 0 radical (unpaired) electrons. The Morgan fingerprint density at radius 1 is 1.15 bits per heavy atom. The first-order valence-corrected chi connectivity index (χ1v) is 13.1. The summed E-state index contributed by atoms with van der Waals surface area (Å²) in [6, 6.07) is 4.55. The number of pyridine rings is 1. The van der Waals surface area contributed by atoms with E-state index in [1.54, 1.807) is 23.2 Å². The first-order chi connectivity index (χ1) is 19.6. The Balaban J connectivity index is 1.38. The molecule has 2 unspecified atom stereocenters. The van der Waals surface area contributed by atoms with Gasteiger partial charge in [-0.3, -0.25) is 19.5 Å². The second-order valence-electron chi connectivity index (χ2n) is 10.00. The zero-order valence-electron chi connectivity index (χ0n) is 22.9. The zero-order chi connectivity index (χ0) is 29.7. The van der Waals surface area contributed by atoms with Crippen molar-refractivity contribution in [2.75, 3.05) is 56.2 Å². The minimum Gasteiger partial charge on any atom is -0.453 e. The number of cyclic esters (lactones) is 1. The largest absolute Gasteiger partial charge is 0.453 e. The maximum atomic E-state index is 15.2. The maximum Gasteiger partial charge on any atom is 0.414 e. The number of alkyl carbamates (subject to hydrolysis) is 1. The number of methoxy groups -OCH3 is 1. The van der Waals surface area contributed by atoms with E-state index in [0.29, 0.717) is 5.56 Å². The van der Waals surface area contributed by atoms with Gasteiger partial charge in [-0.15, -0.1) is 0 Å². The molecule has 2 atom stereocenters. The van der Waals surface area contributed by atoms with Crippen LogP contribution >= 0.6 is 0 Å². The molecule has 14 heteroatoms. The van der Waals surface area contributed by atoms with E-state index in [0.717, 1.165) is 17.0 Å². The highest BCUT2D eigenvalue weighted by molar-refractivity contribution is 5.97. The van der Waals surface area contributed by atoms with Crippen molar-refractivity contribution in [2.45, 2.75) is 26.0 Å². The van der Waals surface area contributed by atoms with Crippen molar-refractivity contribution in [1.82, 2.24) is 20.5 Å². The van der Waals surface area contributed by atoms with Crippen LogP contribution in [0.4, 0.5) is 29.7 Å². The van der Waals surface area contributed by atoms with E-state index in [4.69, 9.17) is 4.74 Å². The van der Waals surface area contributed by atoms with Gasteiger partial charge in [0.05, 0.1) is 31.5 Å². The third kappa shape index (κ3) is 6.81. The Hall–Kier alpha value is -4.49. The third-order valence-electron chi connectivity index (χ3n) is 6.90. The molecule has 2 aromatic rings. The second kappa shape index (κ2) is 12.8. The molecule has 1 aromatic heterocycles. The fourth-order valence-corrected chi connectivity index (χ4v) is 4.70. The molecule has 0 bridgehead atoms. The van der Waals surface area contributed by atoms with Crippen LogP contribution in [0.1, 0.15) is 24.2 Å². The lowest BCUT2D eigenvalue weighted by Gasteiger charge is -2.38. The second-order valence-corrected chi connectivity index (χ2v) is 10.00. The number of rotatable bonds is 8. The van der Waals surface area contributed by atoms with Gasteiger partial charge in [-0.2, -0.15) is 0 Å². The molecule has 41 heavy (non-hydrogen) atoms. The summed E-state index contributed by atoms with van der Waals surface area (Å²) in [5.74, 6) is -2.63. The van der Waals surface area contributed by atoms with Crippen LogP contribution in [0, 0.1) is 17.6 Å². The maximum absolute atomic E-state index is 15.2. The third-order valence-corrected chi connectivity index (χ3v) is 6.90. The number of benzene rings is 1. The Bertz CT molecular complexity index is 1270. The molecule has 220 valence electrons. The molecule has 0 aliphatic carbocycles. The van der Waals surface area contributed by atoms with Crippen molar-refractivity contribution in [3.05, 3.63) is 53.9 Å². The highest BCUT2D eigenvalue weighted by atomic mass is 19.1. The molecule has 0 spiro atoms. The smallest absolute Gasteiger partial charge is 0.414 e. The molecule has 3 heterocycles. The highest BCUT2D eigenvalue weighted by Gasteiger charge is 2.35. The Morgan fingerprint density at radius 3 is 2.41 bits per heavy atom. The van der Waals surface area contributed by atoms with Crippen LogP contribution in [0.15, 0.2) is 36.7 Å². The van der Waals surface area contributed by atoms with Crippen molar-refractivity contribution in [2.24, 2.45) is 5.92 Å². The summed E-state index contributed by atoms with van der Waals surface area (Å²) >= 11 is 0. The Labute approximate surface area is 235 Å². The molecule has 4 amide bonds. The standard InChI is InChI=1S/C27H32F2N6O6/c1-16(2)22(32-24(36)17-5-4-6-30-13-17)25(37)34-9-7-33(8-10-34)23-20(28)11-18(12-21(23)29)35-15-19(41-27(35)39)14-31-26(38)40-3/h4-6,11-13,16,19,22H,7-10,14-15H2,1-3H3,(H,31,38)(H,32,36). The molecular formula is C27H32F2N6O6. The van der Waals surface area contributed by atoms with E-state index in [2.05, 4.69) is 20.4 Å². The molecule has 0 saturated carbocycles. The minimum atomic E-state index is -0.868. The van der Waals surface area contributed by atoms with Crippen LogP contribution in [-0.4, -0.2) is 92.4 Å². The van der Waals surface area contributed by atoms with Crippen LogP contribution in [0.5, 0.6) is 0 Å². The number of carbonyl (C=O) groups excluding carboxylic acids is 4. The molecule has 2 aliphatic rings. The Morgan fingerprint density at radius 2 is 1.83 bits per heavy atom. The summed E-state index contributed by atoms with van der Waals surface area (Å²) < 4.78 is 40.0. The predicted molar refractivity (Wildman–Crippen MR) is 144 cm³/mol. The minimum absolute atomic E-state index is 0.0177. The van der Waals surface area contributed by atoms with Gasteiger partial charge in [0, 0.05) is 50.7 Å². The average molecular weight is 575 g/mol. The summed E-state index contributed by atoms with van der Waals surface area (Å²) in [7, 11) is 1.19. The van der Waals surface area contributed by atoms with E-state index >= 15 is 8.78 Å². The lowest BCUT2D eigenvalue weighted by Crippen LogP contribution is -2.56. The van der Waals surface area contributed by atoms with E-state index < -0.39 is 41.9 Å². The van der Waals surface area contributed by atoms with Gasteiger partial charge in [0.15, 0.2) is 11.6 Å². The van der Waals surface area contributed by atoms with Crippen LogP contribution < -0.4 is 20.4 Å². The summed E-state index contributed by atoms with van der Waals surface area (Å²) in [5, 5.41) is 5.19. The number of halogens is 2. The number of aromatic nitrogens is 1. The molecule has 2 N–H and O–H groups in total. The van der Waals surface area contributed by atoms with Gasteiger partial charge in [0.2, 0.25) is 5.91 Å². The van der Waals surface area contributed by atoms with Crippen LogP contribution in [0.25, 0.3) is 0 Å². The van der Waals surface area contributed by atoms with Gasteiger partial charge >= 0.3 is 12.2 Å². The van der Waals surface area contributed by atoms with Gasteiger partial charge in [-0.1, -0.05) is 13.8 Å². The predicted octanol–water partition coefficient (Wildman–Crippen LogP) is 2.14. The molecule has 2 saturated heterocycles. The van der Waals surface area contributed by atoms with E-state index in [-0.39, 0.29) is 62.5 Å². The average Bonchev–Trinajstić information content (AvgIpc) is 3.34. The number of nitrogens with one attached hydrogen (secondary N) is 2. The number of hydrogen-bond donors (Lipinski definition) is 2. The van der Waals surface area contributed by atoms with Crippen molar-refractivity contribution >= 4 is 35.4 Å². The van der Waals surface area contributed by atoms with Crippen molar-refractivity contribution in [1.29, 1.82) is 0 Å². The SMILES string of the molecule is COC(=O)NCC1CN(c2cc(F)c(N3CCN(C(=O)C(NC(=O)c4cccnc4)C(C)C)CC3)c(F)c2)C(=O)O1. The number of anilines is 2. The first-order valence-electron chi connectivity index (χ1n) is 13.1. The first kappa shape index (κ1) is 29.5. The van der Waals surface area contributed by atoms with Crippen LogP contribution in [0.2, 0.25) is 0 Å². The molecule has 2 fully saturated rings. The highest BCUT2D eigenvalue weighted by Crippen LogP contribution is 2.31. The van der Waals surface area contributed by atoms with E-state index in [1.807, 2.05) is 13.8 Å². The van der Waals surface area contributed by atoms with Gasteiger partial charge in [0.25, 0.3) is 5.91 Å². The van der Waals surface area contributed by atoms with Crippen molar-refractivity contribution in [3.63, 3.8) is 0 Å². The number of carbonyl (C=O) groups is 4. The quantitative estimate of drug-likeness (QED) is 0.490. The molecule has 1 aromatic carbocycles. The summed E-state index contributed by atoms with van der Waals surface area (Å²) in [6.07, 6.45) is 0.746. The van der Waals surface area contributed by atoms with E-state index in [1.165, 1.54) is 18.2 Å². The number of nitrogens with zero attached hydrogens (tertiary/aromatic N) is 4. The Kier molecular flexibility index (Phi) is 9.20. The molecular weight excluding hydrogens is 542 g/mol. The molecule has 2 aliphatic heterocycles. The molecule has 4 rings (SSSR count). The van der Waals surface area contributed by atoms with Gasteiger partial charge < -0.3 is 29.9 Å². The number of ether oxygens (including phenoxy) is 2.